The van der Waals surface area contributed by atoms with E-state index in [1.165, 1.54) is 23.2 Å². The van der Waals surface area contributed by atoms with Crippen molar-refractivity contribution in [3.63, 3.8) is 0 Å². The number of ether oxygens (including phenoxy) is 1. The summed E-state index contributed by atoms with van der Waals surface area (Å²) >= 11 is 0.917. The molecule has 0 aliphatic heterocycles. The fourth-order valence-corrected chi connectivity index (χ4v) is 3.94. The molecule has 0 N–H and O–H groups in total. The highest BCUT2D eigenvalue weighted by Crippen LogP contribution is 2.30. The standard InChI is InChI=1S/C22H20F5N3O2S/c1-29(12-15-7-9-17(10-8-15)32-20(23)24)19(31)13-33-21-28-11-18(16-5-3-2-4-6-16)30(21)14-22(25,26)27/h2-11,20H,12-14H2,1H3. The number of halogens is 5. The van der Waals surface area contributed by atoms with Gasteiger partial charge < -0.3 is 14.2 Å². The van der Waals surface area contributed by atoms with E-state index < -0.39 is 19.3 Å². The van der Waals surface area contributed by atoms with Gasteiger partial charge in [-0.25, -0.2) is 4.98 Å². The van der Waals surface area contributed by atoms with Crippen LogP contribution in [0.2, 0.25) is 0 Å². The monoisotopic (exact) mass is 485 g/mol. The molecule has 1 heterocycles. The smallest absolute Gasteiger partial charge is 0.406 e. The maximum Gasteiger partial charge on any atom is 0.406 e. The first-order valence-corrected chi connectivity index (χ1v) is 10.7. The van der Waals surface area contributed by atoms with E-state index in [0.717, 1.165) is 16.3 Å². The van der Waals surface area contributed by atoms with E-state index in [9.17, 15) is 26.7 Å². The molecule has 5 nitrogen and oxygen atoms in total. The lowest BCUT2D eigenvalue weighted by atomic mass is 10.2. The van der Waals surface area contributed by atoms with Crippen molar-refractivity contribution in [3.8, 4) is 17.0 Å². The van der Waals surface area contributed by atoms with Gasteiger partial charge >= 0.3 is 12.8 Å². The molecule has 0 bridgehead atoms. The average Bonchev–Trinajstić information content (AvgIpc) is 3.14. The van der Waals surface area contributed by atoms with Crippen molar-refractivity contribution in [2.75, 3.05) is 12.8 Å². The number of carbonyl (C=O) groups excluding carboxylic acids is 1. The Morgan fingerprint density at radius 1 is 1.12 bits per heavy atom. The second-order valence-electron chi connectivity index (χ2n) is 7.05. The molecule has 3 rings (SSSR count). The Morgan fingerprint density at radius 2 is 1.79 bits per heavy atom. The first kappa shape index (κ1) is 24.6. The van der Waals surface area contributed by atoms with Gasteiger partial charge in [0.2, 0.25) is 5.91 Å². The molecule has 0 aliphatic carbocycles. The van der Waals surface area contributed by atoms with E-state index in [2.05, 4.69) is 9.72 Å². The second-order valence-corrected chi connectivity index (χ2v) is 8.00. The van der Waals surface area contributed by atoms with E-state index in [0.29, 0.717) is 16.8 Å². The Labute approximate surface area is 191 Å². The van der Waals surface area contributed by atoms with Crippen molar-refractivity contribution in [2.24, 2.45) is 0 Å². The van der Waals surface area contributed by atoms with Crippen molar-refractivity contribution in [2.45, 2.75) is 31.0 Å². The van der Waals surface area contributed by atoms with Crippen LogP contribution in [-0.4, -0.2) is 45.9 Å². The molecule has 0 radical (unpaired) electrons. The molecule has 33 heavy (non-hydrogen) atoms. The number of hydrogen-bond acceptors (Lipinski definition) is 4. The van der Waals surface area contributed by atoms with Gasteiger partial charge in [-0.2, -0.15) is 22.0 Å². The minimum Gasteiger partial charge on any atom is -0.435 e. The zero-order valence-corrected chi connectivity index (χ0v) is 18.2. The maximum absolute atomic E-state index is 13.2. The van der Waals surface area contributed by atoms with Gasteiger partial charge in [-0.3, -0.25) is 4.79 Å². The third kappa shape index (κ3) is 7.21. The Kier molecular flexibility index (Phi) is 7.96. The van der Waals surface area contributed by atoms with Crippen LogP contribution < -0.4 is 4.74 Å². The van der Waals surface area contributed by atoms with Crippen molar-refractivity contribution < 1.29 is 31.5 Å². The van der Waals surface area contributed by atoms with Gasteiger partial charge in [0.05, 0.1) is 17.6 Å². The SMILES string of the molecule is CN(Cc1ccc(OC(F)F)cc1)C(=O)CSc1ncc(-c2ccccc2)n1CC(F)(F)F. The number of benzene rings is 2. The van der Waals surface area contributed by atoms with Gasteiger partial charge in [-0.15, -0.1) is 0 Å². The van der Waals surface area contributed by atoms with Crippen molar-refractivity contribution in [1.29, 1.82) is 0 Å². The normalized spacial score (nSPS) is 11.6. The largest absolute Gasteiger partial charge is 0.435 e. The molecule has 176 valence electrons. The summed E-state index contributed by atoms with van der Waals surface area (Å²) in [5.74, 6) is -0.439. The van der Waals surface area contributed by atoms with Crippen LogP contribution in [0.3, 0.4) is 0 Å². The van der Waals surface area contributed by atoms with Crippen molar-refractivity contribution in [3.05, 3.63) is 66.4 Å². The summed E-state index contributed by atoms with van der Waals surface area (Å²) in [6, 6.07) is 14.4. The lowest BCUT2D eigenvalue weighted by Gasteiger charge is -2.18. The molecule has 3 aromatic rings. The lowest BCUT2D eigenvalue weighted by molar-refractivity contribution is -0.141. The number of nitrogens with zero attached hydrogens (tertiary/aromatic N) is 3. The summed E-state index contributed by atoms with van der Waals surface area (Å²) in [6.45, 7) is -3.96. The minimum atomic E-state index is -4.46. The molecule has 0 fully saturated rings. The fourth-order valence-electron chi connectivity index (χ4n) is 3.02. The predicted octanol–water partition coefficient (Wildman–Crippen LogP) is 5.46. The van der Waals surface area contributed by atoms with Gasteiger partial charge in [-0.05, 0) is 23.3 Å². The molecule has 0 spiro atoms. The molecular weight excluding hydrogens is 465 g/mol. The quantitative estimate of drug-likeness (QED) is 0.298. The lowest BCUT2D eigenvalue weighted by Crippen LogP contribution is -2.28. The number of thioether (sulfide) groups is 1. The Morgan fingerprint density at radius 3 is 2.39 bits per heavy atom. The molecule has 0 unspecified atom stereocenters. The van der Waals surface area contributed by atoms with Crippen LogP contribution in [0.1, 0.15) is 5.56 Å². The molecule has 0 saturated carbocycles. The van der Waals surface area contributed by atoms with E-state index in [-0.39, 0.29) is 29.1 Å². The van der Waals surface area contributed by atoms with Crippen LogP contribution >= 0.6 is 11.8 Å². The highest BCUT2D eigenvalue weighted by Gasteiger charge is 2.31. The van der Waals surface area contributed by atoms with Crippen LogP contribution in [-0.2, 0) is 17.9 Å². The molecule has 0 saturated heterocycles. The van der Waals surface area contributed by atoms with Gasteiger partial charge in [0.1, 0.15) is 12.3 Å². The molecule has 2 aromatic carbocycles. The number of aromatic nitrogens is 2. The summed E-state index contributed by atoms with van der Waals surface area (Å²) in [6.07, 6.45) is -3.10. The Hall–Kier alpha value is -3.08. The number of amides is 1. The third-order valence-electron chi connectivity index (χ3n) is 4.54. The zero-order valence-electron chi connectivity index (χ0n) is 17.4. The third-order valence-corrected chi connectivity index (χ3v) is 5.52. The first-order chi connectivity index (χ1) is 15.6. The number of hydrogen-bond donors (Lipinski definition) is 0. The molecule has 1 aromatic heterocycles. The molecular formula is C22H20F5N3O2S. The van der Waals surface area contributed by atoms with Gasteiger partial charge in [0.15, 0.2) is 5.16 Å². The predicted molar refractivity (Wildman–Crippen MR) is 114 cm³/mol. The van der Waals surface area contributed by atoms with Crippen LogP contribution in [0.5, 0.6) is 5.75 Å². The highest BCUT2D eigenvalue weighted by molar-refractivity contribution is 7.99. The van der Waals surface area contributed by atoms with Gasteiger partial charge in [-0.1, -0.05) is 54.2 Å². The van der Waals surface area contributed by atoms with Crippen LogP contribution in [0.4, 0.5) is 22.0 Å². The number of rotatable bonds is 9. The Bertz CT molecular complexity index is 1060. The van der Waals surface area contributed by atoms with Gasteiger partial charge in [0, 0.05) is 13.6 Å². The summed E-state index contributed by atoms with van der Waals surface area (Å²) in [7, 11) is 1.55. The number of carbonyl (C=O) groups is 1. The highest BCUT2D eigenvalue weighted by atomic mass is 32.2. The van der Waals surface area contributed by atoms with Crippen LogP contribution in [0, 0.1) is 0 Å². The van der Waals surface area contributed by atoms with Crippen LogP contribution in [0.15, 0.2) is 66.0 Å². The summed E-state index contributed by atoms with van der Waals surface area (Å²) in [5.41, 5.74) is 1.58. The van der Waals surface area contributed by atoms with E-state index in [1.54, 1.807) is 49.5 Å². The molecule has 0 atom stereocenters. The molecule has 11 heteroatoms. The van der Waals surface area contributed by atoms with E-state index >= 15 is 0 Å². The minimum absolute atomic E-state index is 0.00371. The number of alkyl halides is 5. The summed E-state index contributed by atoms with van der Waals surface area (Å²) < 4.78 is 69.3. The Balaban J connectivity index is 1.66. The van der Waals surface area contributed by atoms with Crippen molar-refractivity contribution >= 4 is 17.7 Å². The van der Waals surface area contributed by atoms with Gasteiger partial charge in [0.25, 0.3) is 0 Å². The molecule has 0 aliphatic rings. The second kappa shape index (κ2) is 10.7. The maximum atomic E-state index is 13.2. The van der Waals surface area contributed by atoms with E-state index in [1.807, 2.05) is 0 Å². The average molecular weight is 485 g/mol. The number of imidazole rings is 1. The fraction of sp³-hybridized carbons (Fsp3) is 0.273. The van der Waals surface area contributed by atoms with Crippen molar-refractivity contribution in [1.82, 2.24) is 14.5 Å². The topological polar surface area (TPSA) is 47.4 Å². The molecule has 1 amide bonds. The summed E-state index contributed by atoms with van der Waals surface area (Å²) in [4.78, 5) is 18.0. The summed E-state index contributed by atoms with van der Waals surface area (Å²) in [5, 5.41) is 0.0847. The zero-order chi connectivity index (χ0) is 24.0. The van der Waals surface area contributed by atoms with Crippen LogP contribution in [0.25, 0.3) is 11.3 Å². The van der Waals surface area contributed by atoms with E-state index in [4.69, 9.17) is 0 Å². The first-order valence-electron chi connectivity index (χ1n) is 9.70.